The van der Waals surface area contributed by atoms with E-state index in [0.29, 0.717) is 0 Å². The summed E-state index contributed by atoms with van der Waals surface area (Å²) in [6.45, 7) is 0. The second-order valence-corrected chi connectivity index (χ2v) is 3.44. The summed E-state index contributed by atoms with van der Waals surface area (Å²) in [4.78, 5) is 11.1. The second kappa shape index (κ2) is 4.07. The molecule has 0 aliphatic rings. The first-order valence-corrected chi connectivity index (χ1v) is 4.73. The SMILES string of the molecule is Nc1c(C(=O)CCl)ccc(F)c1Br. The molecule has 5 heteroatoms. The van der Waals surface area contributed by atoms with Gasteiger partial charge in [-0.2, -0.15) is 0 Å². The molecule has 0 fully saturated rings. The number of halogens is 3. The van der Waals surface area contributed by atoms with Gasteiger partial charge in [-0.1, -0.05) is 0 Å². The molecule has 0 amide bonds. The highest BCUT2D eigenvalue weighted by molar-refractivity contribution is 9.10. The van der Waals surface area contributed by atoms with Gasteiger partial charge < -0.3 is 5.73 Å². The van der Waals surface area contributed by atoms with E-state index in [1.807, 2.05) is 0 Å². The van der Waals surface area contributed by atoms with Gasteiger partial charge in [-0.25, -0.2) is 4.39 Å². The summed E-state index contributed by atoms with van der Waals surface area (Å²) in [7, 11) is 0. The third-order valence-electron chi connectivity index (χ3n) is 1.55. The first kappa shape index (κ1) is 10.5. The topological polar surface area (TPSA) is 43.1 Å². The minimum atomic E-state index is -0.497. The Morgan fingerprint density at radius 2 is 2.23 bits per heavy atom. The van der Waals surface area contributed by atoms with Crippen molar-refractivity contribution >= 4 is 39.0 Å². The molecule has 0 atom stereocenters. The third kappa shape index (κ3) is 2.00. The highest BCUT2D eigenvalue weighted by Gasteiger charge is 2.13. The van der Waals surface area contributed by atoms with Crippen molar-refractivity contribution in [1.29, 1.82) is 0 Å². The normalized spacial score (nSPS) is 10.1. The van der Waals surface area contributed by atoms with Gasteiger partial charge in [0.1, 0.15) is 5.82 Å². The molecule has 0 bridgehead atoms. The van der Waals surface area contributed by atoms with Gasteiger partial charge in [0.05, 0.1) is 16.0 Å². The number of ketones is 1. The molecular formula is C8H6BrClFNO. The minimum absolute atomic E-state index is 0.0886. The van der Waals surface area contributed by atoms with E-state index in [0.717, 1.165) is 0 Å². The average Bonchev–Trinajstić information content (AvgIpc) is 2.13. The number of rotatable bonds is 2. The lowest BCUT2D eigenvalue weighted by molar-refractivity contribution is 0.102. The lowest BCUT2D eigenvalue weighted by Gasteiger charge is -2.05. The molecule has 2 N–H and O–H groups in total. The highest BCUT2D eigenvalue weighted by Crippen LogP contribution is 2.26. The first-order chi connectivity index (χ1) is 6.07. The Morgan fingerprint density at radius 3 is 2.77 bits per heavy atom. The van der Waals surface area contributed by atoms with E-state index in [4.69, 9.17) is 17.3 Å². The van der Waals surface area contributed by atoms with Gasteiger partial charge in [0.25, 0.3) is 0 Å². The summed E-state index contributed by atoms with van der Waals surface area (Å²) >= 11 is 8.27. The average molecular weight is 266 g/mol. The summed E-state index contributed by atoms with van der Waals surface area (Å²) in [5.41, 5.74) is 5.82. The third-order valence-corrected chi connectivity index (χ3v) is 2.60. The maximum absolute atomic E-state index is 12.9. The van der Waals surface area contributed by atoms with Crippen molar-refractivity contribution < 1.29 is 9.18 Å². The number of hydrogen-bond acceptors (Lipinski definition) is 2. The van der Waals surface area contributed by atoms with Gasteiger partial charge >= 0.3 is 0 Å². The molecule has 0 heterocycles. The minimum Gasteiger partial charge on any atom is -0.397 e. The molecule has 13 heavy (non-hydrogen) atoms. The number of nitrogen functional groups attached to an aromatic ring is 1. The van der Waals surface area contributed by atoms with Gasteiger partial charge in [0.15, 0.2) is 5.78 Å². The van der Waals surface area contributed by atoms with Gasteiger partial charge in [0, 0.05) is 5.56 Å². The molecule has 0 aromatic heterocycles. The zero-order valence-corrected chi connectivity index (χ0v) is 8.82. The number of nitrogens with two attached hydrogens (primary N) is 1. The predicted octanol–water partition coefficient (Wildman–Crippen LogP) is 2.59. The molecule has 0 unspecified atom stereocenters. The van der Waals surface area contributed by atoms with Gasteiger partial charge in [-0.15, -0.1) is 11.6 Å². The van der Waals surface area contributed by atoms with Crippen molar-refractivity contribution in [3.63, 3.8) is 0 Å². The van der Waals surface area contributed by atoms with Crippen LogP contribution in [0.3, 0.4) is 0 Å². The number of hydrogen-bond donors (Lipinski definition) is 1. The standard InChI is InChI=1S/C8H6BrClFNO/c9-7-5(11)2-1-4(8(7)12)6(13)3-10/h1-2H,3,12H2. The van der Waals surface area contributed by atoms with E-state index in [9.17, 15) is 9.18 Å². The molecule has 1 aromatic carbocycles. The van der Waals surface area contributed by atoms with Crippen molar-refractivity contribution in [2.24, 2.45) is 0 Å². The van der Waals surface area contributed by atoms with Crippen LogP contribution in [0.2, 0.25) is 0 Å². The molecular weight excluding hydrogens is 260 g/mol. The van der Waals surface area contributed by atoms with E-state index < -0.39 is 5.82 Å². The Balaban J connectivity index is 3.26. The summed E-state index contributed by atoms with van der Waals surface area (Å²) < 4.78 is 13.0. The molecule has 0 aliphatic carbocycles. The zero-order valence-electron chi connectivity index (χ0n) is 6.48. The van der Waals surface area contributed by atoms with E-state index in [1.54, 1.807) is 0 Å². The van der Waals surface area contributed by atoms with Crippen molar-refractivity contribution in [2.75, 3.05) is 11.6 Å². The van der Waals surface area contributed by atoms with E-state index in [-0.39, 0.29) is 27.4 Å². The summed E-state index contributed by atoms with van der Waals surface area (Å²) in [6, 6.07) is 2.49. The molecule has 0 spiro atoms. The number of anilines is 1. The van der Waals surface area contributed by atoms with Crippen molar-refractivity contribution in [1.82, 2.24) is 0 Å². The van der Waals surface area contributed by atoms with E-state index in [2.05, 4.69) is 15.9 Å². The van der Waals surface area contributed by atoms with Crippen LogP contribution in [-0.2, 0) is 0 Å². The number of alkyl halides is 1. The molecule has 1 rings (SSSR count). The molecule has 70 valence electrons. The monoisotopic (exact) mass is 265 g/mol. The van der Waals surface area contributed by atoms with Gasteiger partial charge in [-0.3, -0.25) is 4.79 Å². The van der Waals surface area contributed by atoms with Crippen LogP contribution >= 0.6 is 27.5 Å². The van der Waals surface area contributed by atoms with Crippen molar-refractivity contribution in [3.8, 4) is 0 Å². The zero-order chi connectivity index (χ0) is 10.0. The van der Waals surface area contributed by atoms with Crippen LogP contribution in [0.1, 0.15) is 10.4 Å². The molecule has 2 nitrogen and oxygen atoms in total. The van der Waals surface area contributed by atoms with Crippen molar-refractivity contribution in [3.05, 3.63) is 28.0 Å². The van der Waals surface area contributed by atoms with Crippen LogP contribution in [0.25, 0.3) is 0 Å². The maximum Gasteiger partial charge on any atom is 0.179 e. The fourth-order valence-electron chi connectivity index (χ4n) is 0.881. The van der Waals surface area contributed by atoms with Crippen molar-refractivity contribution in [2.45, 2.75) is 0 Å². The number of carbonyl (C=O) groups is 1. The lowest BCUT2D eigenvalue weighted by atomic mass is 10.1. The number of benzene rings is 1. The lowest BCUT2D eigenvalue weighted by Crippen LogP contribution is -2.06. The summed E-state index contributed by atoms with van der Waals surface area (Å²) in [6.07, 6.45) is 0. The van der Waals surface area contributed by atoms with Crippen LogP contribution in [0.15, 0.2) is 16.6 Å². The van der Waals surface area contributed by atoms with Crippen LogP contribution in [-0.4, -0.2) is 11.7 Å². The molecule has 1 aromatic rings. The second-order valence-electron chi connectivity index (χ2n) is 2.38. The van der Waals surface area contributed by atoms with Crippen LogP contribution in [0.5, 0.6) is 0 Å². The summed E-state index contributed by atoms with van der Waals surface area (Å²) in [5, 5.41) is 0. The predicted molar refractivity (Wildman–Crippen MR) is 53.6 cm³/mol. The Morgan fingerprint density at radius 1 is 1.62 bits per heavy atom. The molecule has 0 saturated carbocycles. The van der Waals surface area contributed by atoms with E-state index in [1.165, 1.54) is 12.1 Å². The highest BCUT2D eigenvalue weighted by atomic mass is 79.9. The quantitative estimate of drug-likeness (QED) is 0.508. The number of carbonyl (C=O) groups excluding carboxylic acids is 1. The fourth-order valence-corrected chi connectivity index (χ4v) is 1.37. The van der Waals surface area contributed by atoms with Crippen LogP contribution in [0.4, 0.5) is 10.1 Å². The number of Topliss-reactive ketones (excluding diaryl/α,β-unsaturated/α-hetero) is 1. The Hall–Kier alpha value is -0.610. The Kier molecular flexibility index (Phi) is 3.27. The first-order valence-electron chi connectivity index (χ1n) is 3.40. The van der Waals surface area contributed by atoms with E-state index >= 15 is 0 Å². The smallest absolute Gasteiger partial charge is 0.179 e. The Labute approximate surface area is 88.0 Å². The fraction of sp³-hybridized carbons (Fsp3) is 0.125. The van der Waals surface area contributed by atoms with Gasteiger partial charge in [-0.05, 0) is 28.1 Å². The maximum atomic E-state index is 12.9. The molecule has 0 aliphatic heterocycles. The largest absolute Gasteiger partial charge is 0.397 e. The Bertz CT molecular complexity index is 356. The van der Waals surface area contributed by atoms with Gasteiger partial charge in [0.2, 0.25) is 0 Å². The molecule has 0 saturated heterocycles. The molecule has 0 radical (unpaired) electrons. The summed E-state index contributed by atoms with van der Waals surface area (Å²) in [5.74, 6) is -0.981. The van der Waals surface area contributed by atoms with Crippen LogP contribution < -0.4 is 5.73 Å². The van der Waals surface area contributed by atoms with Crippen LogP contribution in [0, 0.1) is 5.82 Å².